The molecule has 1 unspecified atom stereocenters. The van der Waals surface area contributed by atoms with Crippen LogP contribution in [-0.2, 0) is 17.0 Å². The van der Waals surface area contributed by atoms with Gasteiger partial charge in [0.05, 0.1) is 12.6 Å². The zero-order chi connectivity index (χ0) is 23.3. The zero-order valence-electron chi connectivity index (χ0n) is 19.2. The Labute approximate surface area is 203 Å². The molecule has 0 radical (unpaired) electrons. The van der Waals surface area contributed by atoms with E-state index >= 15 is 0 Å². The second-order valence-electron chi connectivity index (χ2n) is 8.65. The minimum Gasteiger partial charge on any atom is -0.376 e. The highest BCUT2D eigenvalue weighted by atomic mass is 32.2. The van der Waals surface area contributed by atoms with Gasteiger partial charge in [-0.2, -0.15) is 0 Å². The number of hydrogen-bond donors (Lipinski definition) is 1. The standard InChI is InChI=1S/C27H28N4O2S/c1-19-5-2-6-21(15-19)18-34-27-30-24-8-3-13-28-25(24)31(27)17-20-9-11-22(12-10-20)26(32)29-16-23-7-4-14-33-23/h2-3,5-6,8-13,15,23H,4,7,14,16-18H2,1H3,(H,29,32). The summed E-state index contributed by atoms with van der Waals surface area (Å²) in [4.78, 5) is 21.9. The number of hydrogen-bond acceptors (Lipinski definition) is 5. The third kappa shape index (κ3) is 5.32. The highest BCUT2D eigenvalue weighted by molar-refractivity contribution is 7.98. The largest absolute Gasteiger partial charge is 0.376 e. The van der Waals surface area contributed by atoms with E-state index in [9.17, 15) is 4.79 Å². The molecule has 6 nitrogen and oxygen atoms in total. The fraction of sp³-hybridized carbons (Fsp3) is 0.296. The second kappa shape index (κ2) is 10.4. The van der Waals surface area contributed by atoms with Gasteiger partial charge in [0.2, 0.25) is 0 Å². The first kappa shape index (κ1) is 22.6. The van der Waals surface area contributed by atoms with E-state index in [1.54, 1.807) is 18.0 Å². The lowest BCUT2D eigenvalue weighted by Crippen LogP contribution is -2.31. The summed E-state index contributed by atoms with van der Waals surface area (Å²) < 4.78 is 7.74. The van der Waals surface area contributed by atoms with Crippen molar-refractivity contribution in [3.8, 4) is 0 Å². The number of fused-ring (bicyclic) bond motifs is 1. The van der Waals surface area contributed by atoms with Crippen LogP contribution in [0.3, 0.4) is 0 Å². The van der Waals surface area contributed by atoms with E-state index in [0.717, 1.165) is 47.1 Å². The molecule has 5 rings (SSSR count). The molecule has 4 aromatic rings. The molecule has 0 aliphatic carbocycles. The normalized spacial score (nSPS) is 15.6. The van der Waals surface area contributed by atoms with Gasteiger partial charge in [-0.3, -0.25) is 9.36 Å². The smallest absolute Gasteiger partial charge is 0.251 e. The molecule has 1 N–H and O–H groups in total. The Balaban J connectivity index is 1.30. The predicted octanol–water partition coefficient (Wildman–Crippen LogP) is 4.99. The van der Waals surface area contributed by atoms with Gasteiger partial charge in [-0.1, -0.05) is 53.7 Å². The van der Waals surface area contributed by atoms with E-state index in [4.69, 9.17) is 9.72 Å². The van der Waals surface area contributed by atoms with Crippen molar-refractivity contribution in [3.05, 3.63) is 89.1 Å². The summed E-state index contributed by atoms with van der Waals surface area (Å²) in [5, 5.41) is 3.92. The number of nitrogens with one attached hydrogen (secondary N) is 1. The molecule has 2 aromatic heterocycles. The van der Waals surface area contributed by atoms with Crippen molar-refractivity contribution >= 4 is 28.8 Å². The zero-order valence-corrected chi connectivity index (χ0v) is 20.1. The van der Waals surface area contributed by atoms with Crippen LogP contribution in [0.4, 0.5) is 0 Å². The molecular weight excluding hydrogens is 444 g/mol. The molecule has 34 heavy (non-hydrogen) atoms. The number of ether oxygens (including phenoxy) is 1. The molecule has 1 amide bonds. The fourth-order valence-corrected chi connectivity index (χ4v) is 5.14. The number of nitrogens with zero attached hydrogens (tertiary/aromatic N) is 3. The molecule has 3 heterocycles. The highest BCUT2D eigenvalue weighted by Gasteiger charge is 2.17. The van der Waals surface area contributed by atoms with E-state index < -0.39 is 0 Å². The number of aryl methyl sites for hydroxylation is 1. The van der Waals surface area contributed by atoms with Gasteiger partial charge < -0.3 is 10.1 Å². The topological polar surface area (TPSA) is 69.0 Å². The lowest BCUT2D eigenvalue weighted by Gasteiger charge is -2.12. The lowest BCUT2D eigenvalue weighted by atomic mass is 10.1. The van der Waals surface area contributed by atoms with Crippen molar-refractivity contribution in [3.63, 3.8) is 0 Å². The number of imidazole rings is 1. The fourth-order valence-electron chi connectivity index (χ4n) is 4.20. The number of rotatable bonds is 8. The molecule has 174 valence electrons. The summed E-state index contributed by atoms with van der Waals surface area (Å²) in [7, 11) is 0. The average Bonchev–Trinajstić information content (AvgIpc) is 3.50. The van der Waals surface area contributed by atoms with Gasteiger partial charge in [0.15, 0.2) is 10.8 Å². The first-order chi connectivity index (χ1) is 16.7. The van der Waals surface area contributed by atoms with Crippen molar-refractivity contribution in [2.45, 2.75) is 43.3 Å². The maximum Gasteiger partial charge on any atom is 0.251 e. The van der Waals surface area contributed by atoms with Crippen molar-refractivity contribution in [2.75, 3.05) is 13.2 Å². The van der Waals surface area contributed by atoms with Crippen LogP contribution in [0.15, 0.2) is 72.0 Å². The Morgan fingerprint density at radius 2 is 2.03 bits per heavy atom. The van der Waals surface area contributed by atoms with Gasteiger partial charge in [0, 0.05) is 30.7 Å². The number of carbonyl (C=O) groups excluding carboxylic acids is 1. The van der Waals surface area contributed by atoms with Crippen LogP contribution in [0.25, 0.3) is 11.2 Å². The maximum absolute atomic E-state index is 12.5. The van der Waals surface area contributed by atoms with E-state index in [1.807, 2.05) is 36.4 Å². The summed E-state index contributed by atoms with van der Waals surface area (Å²) in [6.45, 7) is 4.11. The van der Waals surface area contributed by atoms with Gasteiger partial charge in [-0.15, -0.1) is 0 Å². The minimum atomic E-state index is -0.0637. The molecule has 1 fully saturated rings. The minimum absolute atomic E-state index is 0.0637. The van der Waals surface area contributed by atoms with E-state index in [2.05, 4.69) is 46.1 Å². The summed E-state index contributed by atoms with van der Waals surface area (Å²) in [6, 6.07) is 20.2. The molecule has 1 aliphatic rings. The van der Waals surface area contributed by atoms with Crippen LogP contribution in [0.2, 0.25) is 0 Å². The Morgan fingerprint density at radius 1 is 1.15 bits per heavy atom. The molecule has 1 saturated heterocycles. The Morgan fingerprint density at radius 3 is 2.82 bits per heavy atom. The number of pyridine rings is 1. The molecule has 1 aliphatic heterocycles. The van der Waals surface area contributed by atoms with Crippen LogP contribution in [0.5, 0.6) is 0 Å². The summed E-state index contributed by atoms with van der Waals surface area (Å²) in [6.07, 6.45) is 4.02. The summed E-state index contributed by atoms with van der Waals surface area (Å²) in [5.74, 6) is 0.778. The Kier molecular flexibility index (Phi) is 6.92. The molecule has 7 heteroatoms. The number of aromatic nitrogens is 3. The Bertz CT molecular complexity index is 1280. The van der Waals surface area contributed by atoms with Gasteiger partial charge >= 0.3 is 0 Å². The van der Waals surface area contributed by atoms with Crippen molar-refractivity contribution in [1.82, 2.24) is 19.9 Å². The van der Waals surface area contributed by atoms with Crippen molar-refractivity contribution in [1.29, 1.82) is 0 Å². The molecule has 0 bridgehead atoms. The first-order valence-electron chi connectivity index (χ1n) is 11.6. The molecule has 0 spiro atoms. The average molecular weight is 473 g/mol. The molecular formula is C27H28N4O2S. The SMILES string of the molecule is Cc1cccc(CSc2nc3cccnc3n2Cc2ccc(C(=O)NCC3CCCO3)cc2)c1. The van der Waals surface area contributed by atoms with Crippen LogP contribution in [-0.4, -0.2) is 39.7 Å². The summed E-state index contributed by atoms with van der Waals surface area (Å²) in [5.41, 5.74) is 6.04. The van der Waals surface area contributed by atoms with E-state index in [1.165, 1.54) is 11.1 Å². The van der Waals surface area contributed by atoms with E-state index in [-0.39, 0.29) is 12.0 Å². The van der Waals surface area contributed by atoms with Gasteiger partial charge in [-0.05, 0) is 55.2 Å². The van der Waals surface area contributed by atoms with Crippen LogP contribution in [0, 0.1) is 6.92 Å². The van der Waals surface area contributed by atoms with Crippen LogP contribution < -0.4 is 5.32 Å². The third-order valence-electron chi connectivity index (χ3n) is 5.99. The number of thioether (sulfide) groups is 1. The van der Waals surface area contributed by atoms with Gasteiger partial charge in [-0.25, -0.2) is 9.97 Å². The van der Waals surface area contributed by atoms with Gasteiger partial charge in [0.1, 0.15) is 5.52 Å². The molecule has 1 atom stereocenters. The van der Waals surface area contributed by atoms with Crippen LogP contribution in [0.1, 0.15) is 39.9 Å². The lowest BCUT2D eigenvalue weighted by molar-refractivity contribution is 0.0858. The second-order valence-corrected chi connectivity index (χ2v) is 9.59. The monoisotopic (exact) mass is 472 g/mol. The maximum atomic E-state index is 12.5. The molecule has 0 saturated carbocycles. The third-order valence-corrected chi connectivity index (χ3v) is 7.04. The number of benzene rings is 2. The van der Waals surface area contributed by atoms with Gasteiger partial charge in [0.25, 0.3) is 5.91 Å². The number of carbonyl (C=O) groups is 1. The first-order valence-corrected chi connectivity index (χ1v) is 12.6. The predicted molar refractivity (Wildman–Crippen MR) is 135 cm³/mol. The van der Waals surface area contributed by atoms with Crippen molar-refractivity contribution in [2.24, 2.45) is 0 Å². The van der Waals surface area contributed by atoms with E-state index in [0.29, 0.717) is 18.7 Å². The highest BCUT2D eigenvalue weighted by Crippen LogP contribution is 2.27. The Hall–Kier alpha value is -3.16. The van der Waals surface area contributed by atoms with Crippen molar-refractivity contribution < 1.29 is 9.53 Å². The quantitative estimate of drug-likeness (QED) is 0.366. The molecule has 2 aromatic carbocycles. The number of amides is 1. The van der Waals surface area contributed by atoms with Crippen LogP contribution >= 0.6 is 11.8 Å². The summed E-state index contributed by atoms with van der Waals surface area (Å²) >= 11 is 1.72.